The van der Waals surface area contributed by atoms with Gasteiger partial charge in [-0.3, -0.25) is 9.59 Å². The van der Waals surface area contributed by atoms with Crippen LogP contribution in [0.3, 0.4) is 0 Å². The highest BCUT2D eigenvalue weighted by Gasteiger charge is 2.20. The molecule has 0 bridgehead atoms. The summed E-state index contributed by atoms with van der Waals surface area (Å²) in [4.78, 5) is 24.2. The van der Waals surface area contributed by atoms with Gasteiger partial charge in [0.05, 0.1) is 11.4 Å². The van der Waals surface area contributed by atoms with E-state index in [9.17, 15) is 9.59 Å². The molecule has 3 rings (SSSR count). The second kappa shape index (κ2) is 5.85. The fourth-order valence-electron chi connectivity index (χ4n) is 2.06. The molecule has 6 heteroatoms. The summed E-state index contributed by atoms with van der Waals surface area (Å²) in [7, 11) is 0. The molecule has 0 atom stereocenters. The Labute approximate surface area is 121 Å². The average molecular weight is 291 g/mol. The first kappa shape index (κ1) is 13.5. The minimum Gasteiger partial charge on any atom is -0.326 e. The van der Waals surface area contributed by atoms with Gasteiger partial charge >= 0.3 is 0 Å². The molecule has 1 aliphatic carbocycles. The van der Waals surface area contributed by atoms with Crippen LogP contribution in [0.25, 0.3) is 0 Å². The van der Waals surface area contributed by atoms with Crippen LogP contribution in [0, 0.1) is 0 Å². The van der Waals surface area contributed by atoms with Crippen LogP contribution >= 0.6 is 11.8 Å². The van der Waals surface area contributed by atoms with E-state index in [4.69, 9.17) is 0 Å². The molecule has 0 spiro atoms. The number of anilines is 2. The van der Waals surface area contributed by atoms with Crippen LogP contribution < -0.4 is 16.0 Å². The summed E-state index contributed by atoms with van der Waals surface area (Å²) >= 11 is 1.51. The normalized spacial score (nSPS) is 17.3. The van der Waals surface area contributed by atoms with Gasteiger partial charge in [0.15, 0.2) is 0 Å². The van der Waals surface area contributed by atoms with E-state index in [1.54, 1.807) is 0 Å². The van der Waals surface area contributed by atoms with Crippen LogP contribution in [-0.2, 0) is 9.59 Å². The number of hydrogen-bond donors (Lipinski definition) is 3. The third kappa shape index (κ3) is 3.52. The summed E-state index contributed by atoms with van der Waals surface area (Å²) in [5.41, 5.74) is 1.50. The van der Waals surface area contributed by atoms with Gasteiger partial charge in [-0.25, -0.2) is 0 Å². The predicted octanol–water partition coefficient (Wildman–Crippen LogP) is 1.81. The van der Waals surface area contributed by atoms with Crippen LogP contribution in [0.5, 0.6) is 0 Å². The molecule has 1 aromatic rings. The Morgan fingerprint density at radius 1 is 1.40 bits per heavy atom. The summed E-state index contributed by atoms with van der Waals surface area (Å²) in [6.07, 6.45) is 2.92. The highest BCUT2D eigenvalue weighted by atomic mass is 32.2. The molecule has 0 unspecified atom stereocenters. The maximum Gasteiger partial charge on any atom is 0.234 e. The van der Waals surface area contributed by atoms with Crippen LogP contribution in [0.4, 0.5) is 11.4 Å². The van der Waals surface area contributed by atoms with Crippen molar-refractivity contribution in [2.75, 3.05) is 22.9 Å². The van der Waals surface area contributed by atoms with Gasteiger partial charge in [-0.1, -0.05) is 0 Å². The number of rotatable bonds is 5. The number of benzene rings is 1. The molecule has 5 nitrogen and oxygen atoms in total. The lowest BCUT2D eigenvalue weighted by molar-refractivity contribution is -0.116. The first-order valence-electron chi connectivity index (χ1n) is 6.80. The molecule has 1 aliphatic heterocycles. The van der Waals surface area contributed by atoms with Crippen molar-refractivity contribution < 1.29 is 9.59 Å². The molecule has 20 heavy (non-hydrogen) atoms. The van der Waals surface area contributed by atoms with Gasteiger partial charge < -0.3 is 16.0 Å². The molecule has 2 amide bonds. The molecular formula is C14H17N3O2S. The molecule has 106 valence electrons. The largest absolute Gasteiger partial charge is 0.326 e. The van der Waals surface area contributed by atoms with E-state index in [0.717, 1.165) is 16.3 Å². The second-order valence-corrected chi connectivity index (χ2v) is 6.09. The lowest BCUT2D eigenvalue weighted by Gasteiger charge is -2.17. The van der Waals surface area contributed by atoms with Crippen LogP contribution in [-0.4, -0.2) is 30.2 Å². The van der Waals surface area contributed by atoms with Crippen molar-refractivity contribution in [3.05, 3.63) is 18.2 Å². The van der Waals surface area contributed by atoms with Crippen LogP contribution in [0.2, 0.25) is 0 Å². The van der Waals surface area contributed by atoms with E-state index in [1.807, 2.05) is 18.2 Å². The third-order valence-corrected chi connectivity index (χ3v) is 4.33. The molecule has 3 N–H and O–H groups in total. The lowest BCUT2D eigenvalue weighted by atomic mass is 10.2. The van der Waals surface area contributed by atoms with Gasteiger partial charge in [0.1, 0.15) is 0 Å². The van der Waals surface area contributed by atoms with E-state index in [1.165, 1.54) is 24.6 Å². The molecule has 1 heterocycles. The van der Waals surface area contributed by atoms with Crippen molar-refractivity contribution in [1.29, 1.82) is 0 Å². The molecule has 0 saturated heterocycles. The monoisotopic (exact) mass is 291 g/mol. The number of hydrogen-bond acceptors (Lipinski definition) is 4. The van der Waals surface area contributed by atoms with Gasteiger partial charge in [-0.05, 0) is 31.0 Å². The Hall–Kier alpha value is -1.53. The zero-order valence-electron chi connectivity index (χ0n) is 11.1. The van der Waals surface area contributed by atoms with E-state index >= 15 is 0 Å². The first-order chi connectivity index (χ1) is 9.70. The van der Waals surface area contributed by atoms with Crippen molar-refractivity contribution in [1.82, 2.24) is 5.32 Å². The molecule has 2 aliphatic rings. The molecule has 1 saturated carbocycles. The molecule has 1 fully saturated rings. The minimum absolute atomic E-state index is 0.000361. The predicted molar refractivity (Wildman–Crippen MR) is 80.1 cm³/mol. The van der Waals surface area contributed by atoms with Crippen molar-refractivity contribution in [2.45, 2.75) is 30.2 Å². The molecule has 1 aromatic carbocycles. The molecule has 0 radical (unpaired) electrons. The Balaban J connectivity index is 1.55. The van der Waals surface area contributed by atoms with Crippen LogP contribution in [0.15, 0.2) is 23.1 Å². The Kier molecular flexibility index (Phi) is 3.93. The highest BCUT2D eigenvalue weighted by Crippen LogP contribution is 2.33. The second-order valence-electron chi connectivity index (χ2n) is 5.07. The van der Waals surface area contributed by atoms with Gasteiger partial charge in [0, 0.05) is 29.6 Å². The Bertz CT molecular complexity index is 543. The number of amides is 2. The number of carbonyl (C=O) groups excluding carboxylic acids is 2. The topological polar surface area (TPSA) is 70.2 Å². The summed E-state index contributed by atoms with van der Waals surface area (Å²) in [5, 5.41) is 8.99. The fourth-order valence-corrected chi connectivity index (χ4v) is 2.85. The Morgan fingerprint density at radius 2 is 2.25 bits per heavy atom. The highest BCUT2D eigenvalue weighted by molar-refractivity contribution is 8.00. The maximum absolute atomic E-state index is 11.8. The standard InChI is InChI=1S/C14H17N3O2S/c18-13(5-6-15-9-1-2-9)16-10-3-4-12-11(7-10)17-14(19)8-20-12/h3-4,7,9,15H,1-2,5-6,8H2,(H,16,18)(H,17,19). The average Bonchev–Trinajstić information content (AvgIpc) is 3.22. The van der Waals surface area contributed by atoms with Crippen molar-refractivity contribution >= 4 is 35.0 Å². The minimum atomic E-state index is -0.00658. The molecular weight excluding hydrogens is 274 g/mol. The lowest BCUT2D eigenvalue weighted by Crippen LogP contribution is -2.23. The van der Waals surface area contributed by atoms with E-state index in [0.29, 0.717) is 24.8 Å². The van der Waals surface area contributed by atoms with Crippen molar-refractivity contribution in [3.8, 4) is 0 Å². The van der Waals surface area contributed by atoms with Gasteiger partial charge in [-0.2, -0.15) is 0 Å². The van der Waals surface area contributed by atoms with Crippen molar-refractivity contribution in [3.63, 3.8) is 0 Å². The quantitative estimate of drug-likeness (QED) is 0.774. The number of carbonyl (C=O) groups is 2. The summed E-state index contributed by atoms with van der Waals surface area (Å²) in [6.45, 7) is 0.716. The summed E-state index contributed by atoms with van der Waals surface area (Å²) in [6, 6.07) is 6.23. The van der Waals surface area contributed by atoms with E-state index < -0.39 is 0 Å². The summed E-state index contributed by atoms with van der Waals surface area (Å²) in [5.74, 6) is 0.443. The van der Waals surface area contributed by atoms with Gasteiger partial charge in [-0.15, -0.1) is 11.8 Å². The number of nitrogens with one attached hydrogen (secondary N) is 3. The molecule has 0 aromatic heterocycles. The SMILES string of the molecule is O=C(CCNC1CC1)Nc1ccc2c(c1)NC(=O)CS2. The van der Waals surface area contributed by atoms with Crippen molar-refractivity contribution in [2.24, 2.45) is 0 Å². The van der Waals surface area contributed by atoms with Gasteiger partial charge in [0.2, 0.25) is 11.8 Å². The van der Waals surface area contributed by atoms with Crippen LogP contribution in [0.1, 0.15) is 19.3 Å². The summed E-state index contributed by atoms with van der Waals surface area (Å²) < 4.78 is 0. The number of fused-ring (bicyclic) bond motifs is 1. The Morgan fingerprint density at radius 3 is 3.05 bits per heavy atom. The van der Waals surface area contributed by atoms with Gasteiger partial charge in [0.25, 0.3) is 0 Å². The third-order valence-electron chi connectivity index (χ3n) is 3.26. The van der Waals surface area contributed by atoms with E-state index in [-0.39, 0.29) is 11.8 Å². The zero-order chi connectivity index (χ0) is 13.9. The smallest absolute Gasteiger partial charge is 0.234 e. The maximum atomic E-state index is 11.8. The fraction of sp³-hybridized carbons (Fsp3) is 0.429. The first-order valence-corrected chi connectivity index (χ1v) is 7.79. The number of thioether (sulfide) groups is 1. The zero-order valence-corrected chi connectivity index (χ0v) is 11.9. The van der Waals surface area contributed by atoms with E-state index in [2.05, 4.69) is 16.0 Å².